The van der Waals surface area contributed by atoms with Crippen LogP contribution in [-0.4, -0.2) is 87.7 Å². The molecule has 12 atom stereocenters. The minimum atomic E-state index is -1.06. The van der Waals surface area contributed by atoms with E-state index >= 15 is 0 Å². The van der Waals surface area contributed by atoms with Crippen LogP contribution in [0, 0.1) is 28.6 Å². The Hall–Kier alpha value is -1.62. The number of carbonyl (C=O) groups is 1. The van der Waals surface area contributed by atoms with Crippen LogP contribution in [-0.2, 0) is 19.0 Å². The third kappa shape index (κ3) is 4.49. The summed E-state index contributed by atoms with van der Waals surface area (Å²) in [6.07, 6.45) is 8.52. The predicted molar refractivity (Wildman–Crippen MR) is 151 cm³/mol. The molecule has 1 saturated heterocycles. The summed E-state index contributed by atoms with van der Waals surface area (Å²) in [5, 5.41) is 45.4. The number of ether oxygens (including phenoxy) is 3. The molecule has 0 radical (unpaired) electrons. The van der Waals surface area contributed by atoms with Gasteiger partial charge in [-0.1, -0.05) is 13.0 Å². The maximum atomic E-state index is 12.6. The molecule has 228 valence electrons. The SMILES string of the molecule is C=CCN=C[C@]12CC[C@@H](O[C@H]3C[C@@H](O)[C@H](O)[C@H](C)O3)C[C@@]1(O)CC[C@@H]1[C@@H]2CC[C@]2(C)[C@@H](C3=CC(=O)OC3)CC[C@@]12O. The lowest BCUT2D eigenvalue weighted by Gasteiger charge is -2.66. The molecule has 0 amide bonds. The summed E-state index contributed by atoms with van der Waals surface area (Å²) in [7, 11) is 0. The number of hydrogen-bond acceptors (Lipinski definition) is 9. The molecular formula is C32H47NO8. The minimum Gasteiger partial charge on any atom is -0.458 e. The number of carbonyl (C=O) groups excluding carboxylic acids is 1. The topological polar surface area (TPSA) is 138 Å². The number of aliphatic imine (C=N–C) groups is 1. The van der Waals surface area contributed by atoms with Crippen molar-refractivity contribution in [3.8, 4) is 0 Å². The van der Waals surface area contributed by atoms with Crippen LogP contribution < -0.4 is 0 Å². The summed E-state index contributed by atoms with van der Waals surface area (Å²) in [4.78, 5) is 16.6. The van der Waals surface area contributed by atoms with Crippen molar-refractivity contribution in [3.63, 3.8) is 0 Å². The summed E-state index contributed by atoms with van der Waals surface area (Å²) in [5.74, 6) is -0.101. The van der Waals surface area contributed by atoms with Gasteiger partial charge in [-0.2, -0.15) is 0 Å². The van der Waals surface area contributed by atoms with Gasteiger partial charge in [0.2, 0.25) is 0 Å². The van der Waals surface area contributed by atoms with Gasteiger partial charge in [0.05, 0.1) is 36.1 Å². The molecule has 0 aromatic heterocycles. The highest BCUT2D eigenvalue weighted by Gasteiger charge is 2.71. The van der Waals surface area contributed by atoms with Crippen LogP contribution in [0.4, 0.5) is 0 Å². The lowest BCUT2D eigenvalue weighted by molar-refractivity contribution is -0.282. The van der Waals surface area contributed by atoms with Gasteiger partial charge in [-0.15, -0.1) is 6.58 Å². The van der Waals surface area contributed by atoms with Crippen molar-refractivity contribution in [2.75, 3.05) is 13.2 Å². The average molecular weight is 574 g/mol. The third-order valence-electron chi connectivity index (χ3n) is 12.2. The van der Waals surface area contributed by atoms with E-state index in [1.54, 1.807) is 19.1 Å². The van der Waals surface area contributed by atoms with Crippen molar-refractivity contribution < 1.29 is 39.4 Å². The molecule has 9 heteroatoms. The maximum Gasteiger partial charge on any atom is 0.331 e. The molecule has 0 aromatic rings. The van der Waals surface area contributed by atoms with Gasteiger partial charge in [0.25, 0.3) is 0 Å². The molecule has 0 unspecified atom stereocenters. The van der Waals surface area contributed by atoms with Crippen LogP contribution >= 0.6 is 0 Å². The molecular weight excluding hydrogens is 526 g/mol. The largest absolute Gasteiger partial charge is 0.458 e. The highest BCUT2D eigenvalue weighted by molar-refractivity contribution is 5.85. The summed E-state index contributed by atoms with van der Waals surface area (Å²) in [5.41, 5.74) is -1.91. The van der Waals surface area contributed by atoms with Gasteiger partial charge in [0.15, 0.2) is 6.29 Å². The van der Waals surface area contributed by atoms with Gasteiger partial charge in [-0.05, 0) is 81.6 Å². The fourth-order valence-electron chi connectivity index (χ4n) is 10.1. The van der Waals surface area contributed by atoms with Crippen LogP contribution in [0.5, 0.6) is 0 Å². The summed E-state index contributed by atoms with van der Waals surface area (Å²) >= 11 is 0. The summed E-state index contributed by atoms with van der Waals surface area (Å²) in [6, 6.07) is 0. The average Bonchev–Trinajstić information content (AvgIpc) is 3.47. The molecule has 0 aromatic carbocycles. The highest BCUT2D eigenvalue weighted by atomic mass is 16.7. The van der Waals surface area contributed by atoms with Crippen molar-refractivity contribution in [3.05, 3.63) is 24.3 Å². The number of aliphatic hydroxyl groups is 4. The second-order valence-corrected chi connectivity index (χ2v) is 14.0. The van der Waals surface area contributed by atoms with Crippen LogP contribution in [0.3, 0.4) is 0 Å². The molecule has 9 nitrogen and oxygen atoms in total. The molecule has 4 aliphatic carbocycles. The monoisotopic (exact) mass is 573 g/mol. The molecule has 0 spiro atoms. The van der Waals surface area contributed by atoms with E-state index in [1.165, 1.54) is 0 Å². The Balaban J connectivity index is 1.26. The predicted octanol–water partition coefficient (Wildman–Crippen LogP) is 2.84. The normalized spacial score (nSPS) is 51.5. The van der Waals surface area contributed by atoms with Gasteiger partial charge < -0.3 is 34.6 Å². The first-order valence-electron chi connectivity index (χ1n) is 15.6. The fourth-order valence-corrected chi connectivity index (χ4v) is 10.1. The van der Waals surface area contributed by atoms with E-state index in [0.29, 0.717) is 51.7 Å². The van der Waals surface area contributed by atoms with E-state index in [9.17, 15) is 25.2 Å². The number of cyclic esters (lactones) is 1. The Kier molecular flexibility index (Phi) is 7.56. The zero-order valence-corrected chi connectivity index (χ0v) is 24.4. The van der Waals surface area contributed by atoms with Crippen molar-refractivity contribution >= 4 is 12.2 Å². The lowest BCUT2D eigenvalue weighted by Crippen LogP contribution is -2.69. The van der Waals surface area contributed by atoms with Crippen LogP contribution in [0.1, 0.15) is 78.1 Å². The van der Waals surface area contributed by atoms with Crippen molar-refractivity contribution in [1.29, 1.82) is 0 Å². The Morgan fingerprint density at radius 3 is 2.61 bits per heavy atom. The Bertz CT molecular complexity index is 1100. The van der Waals surface area contributed by atoms with Crippen LogP contribution in [0.25, 0.3) is 0 Å². The summed E-state index contributed by atoms with van der Waals surface area (Å²) < 4.78 is 17.4. The molecule has 5 fully saturated rings. The third-order valence-corrected chi connectivity index (χ3v) is 12.2. The number of fused-ring (bicyclic) bond motifs is 5. The molecule has 2 aliphatic heterocycles. The van der Waals surface area contributed by atoms with Crippen LogP contribution in [0.2, 0.25) is 0 Å². The zero-order chi connectivity index (χ0) is 29.2. The highest BCUT2D eigenvalue weighted by Crippen LogP contribution is 2.70. The van der Waals surface area contributed by atoms with E-state index < -0.39 is 41.2 Å². The lowest BCUT2D eigenvalue weighted by atomic mass is 9.41. The quantitative estimate of drug-likeness (QED) is 0.165. The summed E-state index contributed by atoms with van der Waals surface area (Å²) in [6.45, 7) is 8.54. The van der Waals surface area contributed by atoms with Gasteiger partial charge in [-0.25, -0.2) is 4.79 Å². The standard InChI is InChI=1S/C32H47NO8/c1-4-13-33-18-30-10-5-21(41-27-15-25(34)28(36)19(2)40-27)16-31(30,37)11-7-24-23(30)6-9-29(3)22(8-12-32(24,29)38)20-14-26(35)39-17-20/h4,14,18-19,21-25,27-28,34,36-38H,1,5-13,15-17H2,2-3H3/t19-,21+,22+,23-,24+,25+,27-,28+,29+,30-,31-,32+/m0/s1. The zero-order valence-electron chi connectivity index (χ0n) is 24.4. The minimum absolute atomic E-state index is 0.0111. The van der Waals surface area contributed by atoms with Gasteiger partial charge in [0, 0.05) is 36.0 Å². The second-order valence-electron chi connectivity index (χ2n) is 14.0. The van der Waals surface area contributed by atoms with E-state index in [1.807, 2.05) is 6.21 Å². The first-order chi connectivity index (χ1) is 19.5. The maximum absolute atomic E-state index is 12.6. The van der Waals surface area contributed by atoms with Crippen molar-refractivity contribution in [2.24, 2.45) is 33.6 Å². The Morgan fingerprint density at radius 1 is 1.12 bits per heavy atom. The van der Waals surface area contributed by atoms with Crippen molar-refractivity contribution in [1.82, 2.24) is 0 Å². The molecule has 6 aliphatic rings. The number of nitrogens with zero attached hydrogens (tertiary/aromatic N) is 1. The number of hydrogen-bond donors (Lipinski definition) is 4. The van der Waals surface area contributed by atoms with Gasteiger partial charge in [-0.3, -0.25) is 4.99 Å². The Morgan fingerprint density at radius 2 is 1.90 bits per heavy atom. The van der Waals surface area contributed by atoms with E-state index in [2.05, 4.69) is 13.5 Å². The molecule has 6 rings (SSSR count). The number of esters is 1. The first kappa shape index (κ1) is 29.5. The number of aliphatic hydroxyl groups excluding tert-OH is 2. The van der Waals surface area contributed by atoms with E-state index in [0.717, 1.165) is 24.8 Å². The Labute approximate surface area is 242 Å². The van der Waals surface area contributed by atoms with E-state index in [4.69, 9.17) is 19.2 Å². The second kappa shape index (κ2) is 10.5. The van der Waals surface area contributed by atoms with Crippen molar-refractivity contribution in [2.45, 2.75) is 120 Å². The number of rotatable bonds is 6. The molecule has 41 heavy (non-hydrogen) atoms. The first-order valence-corrected chi connectivity index (χ1v) is 15.6. The van der Waals surface area contributed by atoms with E-state index in [-0.39, 0.29) is 41.7 Å². The molecule has 0 bridgehead atoms. The van der Waals surface area contributed by atoms with Gasteiger partial charge >= 0.3 is 5.97 Å². The van der Waals surface area contributed by atoms with Gasteiger partial charge in [0.1, 0.15) is 12.7 Å². The van der Waals surface area contributed by atoms with Crippen LogP contribution in [0.15, 0.2) is 29.3 Å². The smallest absolute Gasteiger partial charge is 0.331 e. The molecule has 4 N–H and O–H groups in total. The molecule has 4 saturated carbocycles. The fraction of sp³-hybridized carbons (Fsp3) is 0.812. The molecule has 2 heterocycles.